The van der Waals surface area contributed by atoms with Crippen molar-refractivity contribution in [2.75, 3.05) is 26.9 Å². The molecule has 4 rings (SSSR count). The number of aromatic nitrogens is 1. The minimum Gasteiger partial charge on any atom is -0.497 e. The summed E-state index contributed by atoms with van der Waals surface area (Å²) in [6.45, 7) is 3.07. The Hall–Kier alpha value is -1.89. The van der Waals surface area contributed by atoms with E-state index >= 15 is 0 Å². The summed E-state index contributed by atoms with van der Waals surface area (Å²) in [7, 11) is 1.66. The lowest BCUT2D eigenvalue weighted by Gasteiger charge is -2.37. The SMILES string of the molecule is COc1cccc(-c2cnc(CN3CCCC[C@@H]3C3OCCO3)o2)c1. The number of likely N-dealkylation sites (tertiary alicyclic amines) is 1. The second kappa shape index (κ2) is 7.56. The molecule has 0 spiro atoms. The molecular weight excluding hydrogens is 320 g/mol. The molecule has 2 saturated heterocycles. The first-order valence-electron chi connectivity index (χ1n) is 8.90. The summed E-state index contributed by atoms with van der Waals surface area (Å²) in [4.78, 5) is 6.85. The highest BCUT2D eigenvalue weighted by atomic mass is 16.7. The average Bonchev–Trinajstić information content (AvgIpc) is 3.34. The molecule has 2 fully saturated rings. The monoisotopic (exact) mass is 344 g/mol. The second-order valence-electron chi connectivity index (χ2n) is 6.49. The molecule has 6 heteroatoms. The number of hydrogen-bond donors (Lipinski definition) is 0. The van der Waals surface area contributed by atoms with E-state index in [2.05, 4.69) is 9.88 Å². The van der Waals surface area contributed by atoms with Crippen molar-refractivity contribution in [2.45, 2.75) is 38.1 Å². The molecule has 3 heterocycles. The van der Waals surface area contributed by atoms with Gasteiger partial charge in [-0.3, -0.25) is 4.90 Å². The first-order valence-corrected chi connectivity index (χ1v) is 8.90. The molecule has 1 aromatic heterocycles. The van der Waals surface area contributed by atoms with E-state index in [-0.39, 0.29) is 12.3 Å². The molecule has 0 bridgehead atoms. The maximum Gasteiger partial charge on any atom is 0.209 e. The highest BCUT2D eigenvalue weighted by Crippen LogP contribution is 2.28. The number of methoxy groups -OCH3 is 1. The number of oxazole rings is 1. The summed E-state index contributed by atoms with van der Waals surface area (Å²) in [5.41, 5.74) is 0.968. The summed E-state index contributed by atoms with van der Waals surface area (Å²) in [5, 5.41) is 0. The van der Waals surface area contributed by atoms with Gasteiger partial charge in [-0.15, -0.1) is 0 Å². The first kappa shape index (κ1) is 16.6. The lowest BCUT2D eigenvalue weighted by atomic mass is 10.0. The number of rotatable bonds is 5. The van der Waals surface area contributed by atoms with Crippen LogP contribution in [0.1, 0.15) is 25.2 Å². The Bertz CT molecular complexity index is 696. The van der Waals surface area contributed by atoms with Gasteiger partial charge in [-0.1, -0.05) is 18.6 Å². The molecule has 0 unspecified atom stereocenters. The average molecular weight is 344 g/mol. The van der Waals surface area contributed by atoms with Crippen LogP contribution in [-0.4, -0.2) is 49.1 Å². The molecule has 1 atom stereocenters. The van der Waals surface area contributed by atoms with E-state index in [4.69, 9.17) is 18.6 Å². The summed E-state index contributed by atoms with van der Waals surface area (Å²) in [6.07, 6.45) is 5.16. The van der Waals surface area contributed by atoms with Crippen molar-refractivity contribution in [1.82, 2.24) is 9.88 Å². The van der Waals surface area contributed by atoms with Crippen LogP contribution in [0.3, 0.4) is 0 Å². The van der Waals surface area contributed by atoms with Crippen LogP contribution >= 0.6 is 0 Å². The van der Waals surface area contributed by atoms with Crippen LogP contribution in [0, 0.1) is 0 Å². The Morgan fingerprint density at radius 1 is 1.24 bits per heavy atom. The van der Waals surface area contributed by atoms with Crippen molar-refractivity contribution in [3.63, 3.8) is 0 Å². The largest absolute Gasteiger partial charge is 0.497 e. The number of ether oxygens (including phenoxy) is 3. The third kappa shape index (κ3) is 3.71. The van der Waals surface area contributed by atoms with Gasteiger partial charge in [-0.05, 0) is 31.5 Å². The van der Waals surface area contributed by atoms with E-state index in [0.29, 0.717) is 19.8 Å². The molecule has 6 nitrogen and oxygen atoms in total. The molecule has 2 aliphatic rings. The van der Waals surface area contributed by atoms with Gasteiger partial charge in [0.1, 0.15) is 5.75 Å². The summed E-state index contributed by atoms with van der Waals surface area (Å²) in [5.74, 6) is 2.29. The van der Waals surface area contributed by atoms with Crippen LogP contribution in [0.5, 0.6) is 5.75 Å². The summed E-state index contributed by atoms with van der Waals surface area (Å²) >= 11 is 0. The predicted molar refractivity (Wildman–Crippen MR) is 92.2 cm³/mol. The molecule has 0 amide bonds. The molecule has 1 aromatic carbocycles. The zero-order chi connectivity index (χ0) is 17.1. The number of nitrogens with zero attached hydrogens (tertiary/aromatic N) is 2. The molecule has 134 valence electrons. The van der Waals surface area contributed by atoms with E-state index < -0.39 is 0 Å². The fraction of sp³-hybridized carbons (Fsp3) is 0.526. The van der Waals surface area contributed by atoms with E-state index in [1.54, 1.807) is 13.3 Å². The molecule has 0 N–H and O–H groups in total. The zero-order valence-electron chi connectivity index (χ0n) is 14.5. The number of benzene rings is 1. The Morgan fingerprint density at radius 3 is 2.96 bits per heavy atom. The molecule has 2 aromatic rings. The topological polar surface area (TPSA) is 57.0 Å². The smallest absolute Gasteiger partial charge is 0.209 e. The van der Waals surface area contributed by atoms with Crippen LogP contribution < -0.4 is 4.74 Å². The minimum absolute atomic E-state index is 0.117. The van der Waals surface area contributed by atoms with Gasteiger partial charge in [-0.25, -0.2) is 4.98 Å². The maximum absolute atomic E-state index is 5.99. The fourth-order valence-electron chi connectivity index (χ4n) is 3.59. The van der Waals surface area contributed by atoms with Gasteiger partial charge in [-0.2, -0.15) is 0 Å². The quantitative estimate of drug-likeness (QED) is 0.831. The van der Waals surface area contributed by atoms with Crippen molar-refractivity contribution >= 4 is 0 Å². The van der Waals surface area contributed by atoms with Crippen LogP contribution in [-0.2, 0) is 16.0 Å². The van der Waals surface area contributed by atoms with Gasteiger partial charge in [0.05, 0.1) is 39.1 Å². The van der Waals surface area contributed by atoms with Gasteiger partial charge in [0.25, 0.3) is 0 Å². The van der Waals surface area contributed by atoms with E-state index in [0.717, 1.165) is 35.9 Å². The summed E-state index contributed by atoms with van der Waals surface area (Å²) in [6, 6.07) is 8.10. The normalized spacial score (nSPS) is 22.4. The van der Waals surface area contributed by atoms with E-state index in [1.165, 1.54) is 12.8 Å². The van der Waals surface area contributed by atoms with Gasteiger partial charge >= 0.3 is 0 Å². The molecule has 0 aliphatic carbocycles. The number of piperidine rings is 1. The second-order valence-corrected chi connectivity index (χ2v) is 6.49. The van der Waals surface area contributed by atoms with Crippen molar-refractivity contribution in [3.05, 3.63) is 36.4 Å². The van der Waals surface area contributed by atoms with Gasteiger partial charge in [0.2, 0.25) is 5.89 Å². The van der Waals surface area contributed by atoms with E-state index in [9.17, 15) is 0 Å². The highest BCUT2D eigenvalue weighted by Gasteiger charge is 2.34. The predicted octanol–water partition coefficient (Wildman–Crippen LogP) is 3.08. The van der Waals surface area contributed by atoms with Crippen molar-refractivity contribution in [3.8, 4) is 17.1 Å². The van der Waals surface area contributed by atoms with Crippen LogP contribution in [0.4, 0.5) is 0 Å². The van der Waals surface area contributed by atoms with Crippen molar-refractivity contribution in [1.29, 1.82) is 0 Å². The molecule has 25 heavy (non-hydrogen) atoms. The highest BCUT2D eigenvalue weighted by molar-refractivity contribution is 5.58. The van der Waals surface area contributed by atoms with Crippen LogP contribution in [0.2, 0.25) is 0 Å². The van der Waals surface area contributed by atoms with Crippen LogP contribution in [0.25, 0.3) is 11.3 Å². The zero-order valence-corrected chi connectivity index (χ0v) is 14.5. The van der Waals surface area contributed by atoms with E-state index in [1.807, 2.05) is 24.3 Å². The lowest BCUT2D eigenvalue weighted by Crippen LogP contribution is -2.46. The molecule has 0 saturated carbocycles. The lowest BCUT2D eigenvalue weighted by molar-refractivity contribution is -0.112. The third-order valence-corrected chi connectivity index (χ3v) is 4.87. The van der Waals surface area contributed by atoms with Crippen molar-refractivity contribution < 1.29 is 18.6 Å². The summed E-state index contributed by atoms with van der Waals surface area (Å²) < 4.78 is 22.7. The minimum atomic E-state index is -0.117. The number of hydrogen-bond acceptors (Lipinski definition) is 6. The Labute approximate surface area is 147 Å². The molecule has 2 aliphatic heterocycles. The Kier molecular flexibility index (Phi) is 5.01. The molecular formula is C19H24N2O4. The van der Waals surface area contributed by atoms with Gasteiger partial charge < -0.3 is 18.6 Å². The van der Waals surface area contributed by atoms with Gasteiger partial charge in [0, 0.05) is 5.56 Å². The Morgan fingerprint density at radius 2 is 2.12 bits per heavy atom. The van der Waals surface area contributed by atoms with Crippen molar-refractivity contribution in [2.24, 2.45) is 0 Å². The maximum atomic E-state index is 5.99. The van der Waals surface area contributed by atoms with Gasteiger partial charge in [0.15, 0.2) is 12.1 Å². The van der Waals surface area contributed by atoms with Crippen LogP contribution in [0.15, 0.2) is 34.9 Å². The third-order valence-electron chi connectivity index (χ3n) is 4.87. The first-order chi connectivity index (χ1) is 12.3. The fourth-order valence-corrected chi connectivity index (χ4v) is 3.59. The standard InChI is InChI=1S/C19H24N2O4/c1-22-15-6-4-5-14(11-15)17-12-20-18(25-17)13-21-8-3-2-7-16(21)19-23-9-10-24-19/h4-6,11-12,16,19H,2-3,7-10,13H2,1H3/t16-/m1/s1. The molecule has 0 radical (unpaired) electrons. The Balaban J connectivity index is 1.47.